The van der Waals surface area contributed by atoms with Gasteiger partial charge < -0.3 is 10.2 Å². The summed E-state index contributed by atoms with van der Waals surface area (Å²) in [7, 11) is 0. The molecular formula is C18H20F3N5O. The van der Waals surface area contributed by atoms with E-state index in [1.807, 2.05) is 0 Å². The minimum Gasteiger partial charge on any atom is -0.368 e. The third-order valence-corrected chi connectivity index (χ3v) is 5.18. The van der Waals surface area contributed by atoms with Crippen molar-refractivity contribution >= 4 is 11.7 Å². The fourth-order valence-corrected chi connectivity index (χ4v) is 3.92. The molecule has 1 fully saturated rings. The topological polar surface area (TPSA) is 63.1 Å². The van der Waals surface area contributed by atoms with Gasteiger partial charge in [-0.15, -0.1) is 0 Å². The third-order valence-electron chi connectivity index (χ3n) is 5.18. The van der Waals surface area contributed by atoms with Crippen LogP contribution in [0.1, 0.15) is 54.3 Å². The van der Waals surface area contributed by atoms with Crippen LogP contribution in [0.4, 0.5) is 19.0 Å². The van der Waals surface area contributed by atoms with Crippen molar-refractivity contribution in [1.29, 1.82) is 0 Å². The molecule has 2 aromatic rings. The smallest absolute Gasteiger partial charge is 0.368 e. The molecule has 27 heavy (non-hydrogen) atoms. The van der Waals surface area contributed by atoms with Crippen LogP contribution < -0.4 is 5.32 Å². The number of anilines is 1. The first kappa shape index (κ1) is 17.8. The molecule has 0 saturated carbocycles. The van der Waals surface area contributed by atoms with Gasteiger partial charge in [-0.2, -0.15) is 18.3 Å². The summed E-state index contributed by atoms with van der Waals surface area (Å²) in [6.07, 6.45) is 0.133. The van der Waals surface area contributed by atoms with Crippen LogP contribution in [0.15, 0.2) is 30.6 Å². The van der Waals surface area contributed by atoms with Gasteiger partial charge in [-0.3, -0.25) is 9.78 Å². The van der Waals surface area contributed by atoms with E-state index in [0.29, 0.717) is 30.0 Å². The summed E-state index contributed by atoms with van der Waals surface area (Å²) in [6.45, 7) is 2.28. The SMILES string of the molecule is C[C@@H]1C[C@H](C(F)(F)F)n2nc(C3CCCN3C(=O)c3ccncc3)cc2N1. The number of fused-ring (bicyclic) bond motifs is 1. The van der Waals surface area contributed by atoms with Gasteiger partial charge in [0.15, 0.2) is 6.04 Å². The number of aromatic nitrogens is 3. The van der Waals surface area contributed by atoms with Crippen molar-refractivity contribution in [2.45, 2.75) is 50.5 Å². The molecule has 9 heteroatoms. The summed E-state index contributed by atoms with van der Waals surface area (Å²) in [6, 6.07) is 2.65. The van der Waals surface area contributed by atoms with E-state index in [-0.39, 0.29) is 24.4 Å². The number of halogens is 3. The first-order valence-corrected chi connectivity index (χ1v) is 8.98. The van der Waals surface area contributed by atoms with Crippen LogP contribution in [0, 0.1) is 0 Å². The van der Waals surface area contributed by atoms with Gasteiger partial charge in [-0.05, 0) is 38.3 Å². The van der Waals surface area contributed by atoms with Crippen molar-refractivity contribution in [2.24, 2.45) is 0 Å². The molecule has 0 spiro atoms. The van der Waals surface area contributed by atoms with E-state index < -0.39 is 12.2 Å². The molecule has 2 aliphatic rings. The Kier molecular flexibility index (Phi) is 4.32. The molecule has 0 radical (unpaired) electrons. The first-order chi connectivity index (χ1) is 12.8. The van der Waals surface area contributed by atoms with E-state index in [4.69, 9.17) is 0 Å². The second-order valence-electron chi connectivity index (χ2n) is 7.13. The highest BCUT2D eigenvalue weighted by Gasteiger charge is 2.46. The zero-order valence-electron chi connectivity index (χ0n) is 14.8. The van der Waals surface area contributed by atoms with Gasteiger partial charge >= 0.3 is 6.18 Å². The molecule has 1 unspecified atom stereocenters. The van der Waals surface area contributed by atoms with E-state index in [1.165, 1.54) is 0 Å². The predicted octanol–water partition coefficient (Wildman–Crippen LogP) is 3.56. The van der Waals surface area contributed by atoms with Crippen LogP contribution in [0.3, 0.4) is 0 Å². The molecule has 0 aliphatic carbocycles. The van der Waals surface area contributed by atoms with Gasteiger partial charge in [0, 0.05) is 36.6 Å². The summed E-state index contributed by atoms with van der Waals surface area (Å²) < 4.78 is 41.4. The zero-order chi connectivity index (χ0) is 19.2. The van der Waals surface area contributed by atoms with Crippen molar-refractivity contribution in [3.05, 3.63) is 41.9 Å². The Bertz CT molecular complexity index is 835. The number of carbonyl (C=O) groups excluding carboxylic acids is 1. The summed E-state index contributed by atoms with van der Waals surface area (Å²) in [4.78, 5) is 18.4. The maximum absolute atomic E-state index is 13.4. The van der Waals surface area contributed by atoms with Crippen molar-refractivity contribution in [2.75, 3.05) is 11.9 Å². The Morgan fingerprint density at radius 1 is 1.30 bits per heavy atom. The van der Waals surface area contributed by atoms with E-state index in [1.54, 1.807) is 42.4 Å². The van der Waals surface area contributed by atoms with E-state index in [0.717, 1.165) is 11.1 Å². The van der Waals surface area contributed by atoms with Crippen LogP contribution in [-0.4, -0.2) is 44.3 Å². The fourth-order valence-electron chi connectivity index (χ4n) is 3.92. The van der Waals surface area contributed by atoms with Crippen LogP contribution in [0.2, 0.25) is 0 Å². The summed E-state index contributed by atoms with van der Waals surface area (Å²) in [5.41, 5.74) is 1.02. The number of alkyl halides is 3. The number of amides is 1. The molecule has 3 atom stereocenters. The van der Waals surface area contributed by atoms with Gasteiger partial charge in [0.2, 0.25) is 0 Å². The number of nitrogens with zero attached hydrogens (tertiary/aromatic N) is 4. The number of likely N-dealkylation sites (tertiary alicyclic amines) is 1. The average molecular weight is 379 g/mol. The Balaban J connectivity index is 1.65. The number of hydrogen-bond acceptors (Lipinski definition) is 4. The lowest BCUT2D eigenvalue weighted by atomic mass is 10.1. The Hall–Kier alpha value is -2.58. The van der Waals surface area contributed by atoms with Crippen molar-refractivity contribution in [3.8, 4) is 0 Å². The monoisotopic (exact) mass is 379 g/mol. The molecule has 4 heterocycles. The number of hydrogen-bond donors (Lipinski definition) is 1. The molecular weight excluding hydrogens is 359 g/mol. The molecule has 1 saturated heterocycles. The normalized spacial score (nSPS) is 25.2. The number of pyridine rings is 1. The summed E-state index contributed by atoms with van der Waals surface area (Å²) in [5, 5.41) is 7.34. The molecule has 6 nitrogen and oxygen atoms in total. The largest absolute Gasteiger partial charge is 0.410 e. The molecule has 1 N–H and O–H groups in total. The molecule has 2 aliphatic heterocycles. The Morgan fingerprint density at radius 2 is 2.04 bits per heavy atom. The van der Waals surface area contributed by atoms with Gasteiger partial charge in [-0.1, -0.05) is 0 Å². The van der Waals surface area contributed by atoms with Gasteiger partial charge in [0.25, 0.3) is 5.91 Å². The quantitative estimate of drug-likeness (QED) is 0.867. The maximum atomic E-state index is 13.4. The van der Waals surface area contributed by atoms with Crippen LogP contribution >= 0.6 is 0 Å². The predicted molar refractivity (Wildman–Crippen MR) is 92.3 cm³/mol. The molecule has 144 valence electrons. The Morgan fingerprint density at radius 3 is 2.74 bits per heavy atom. The highest BCUT2D eigenvalue weighted by Crippen LogP contribution is 2.41. The average Bonchev–Trinajstić information content (AvgIpc) is 3.26. The van der Waals surface area contributed by atoms with E-state index >= 15 is 0 Å². The fraction of sp³-hybridized carbons (Fsp3) is 0.500. The Labute approximate surface area is 154 Å². The summed E-state index contributed by atoms with van der Waals surface area (Å²) in [5.74, 6) is 0.203. The lowest BCUT2D eigenvalue weighted by molar-refractivity contribution is -0.173. The lowest BCUT2D eigenvalue weighted by Gasteiger charge is -2.31. The zero-order valence-corrected chi connectivity index (χ0v) is 14.8. The molecule has 0 aromatic carbocycles. The molecule has 0 bridgehead atoms. The van der Waals surface area contributed by atoms with Crippen LogP contribution in [0.5, 0.6) is 0 Å². The van der Waals surface area contributed by atoms with Crippen LogP contribution in [-0.2, 0) is 0 Å². The van der Waals surface area contributed by atoms with Crippen LogP contribution in [0.25, 0.3) is 0 Å². The standard InChI is InChI=1S/C18H20F3N5O/c1-11-9-15(18(19,20)21)26-16(23-11)10-13(24-26)14-3-2-8-25(14)17(27)12-4-6-22-7-5-12/h4-7,10-11,14-15,23H,2-3,8-9H2,1H3/t11-,14?,15-/m1/s1. The van der Waals surface area contributed by atoms with E-state index in [9.17, 15) is 18.0 Å². The van der Waals surface area contributed by atoms with Gasteiger partial charge in [0.1, 0.15) is 5.82 Å². The van der Waals surface area contributed by atoms with Crippen molar-refractivity contribution < 1.29 is 18.0 Å². The number of carbonyl (C=O) groups is 1. The second-order valence-corrected chi connectivity index (χ2v) is 7.13. The lowest BCUT2D eigenvalue weighted by Crippen LogP contribution is -2.38. The highest BCUT2D eigenvalue weighted by atomic mass is 19.4. The molecule has 4 rings (SSSR count). The third kappa shape index (κ3) is 3.26. The minimum atomic E-state index is -4.36. The molecule has 2 aromatic heterocycles. The van der Waals surface area contributed by atoms with E-state index in [2.05, 4.69) is 15.4 Å². The summed E-state index contributed by atoms with van der Waals surface area (Å²) >= 11 is 0. The number of rotatable bonds is 2. The number of nitrogens with one attached hydrogen (secondary N) is 1. The van der Waals surface area contributed by atoms with Crippen molar-refractivity contribution in [1.82, 2.24) is 19.7 Å². The second kappa shape index (κ2) is 6.54. The maximum Gasteiger partial charge on any atom is 0.410 e. The van der Waals surface area contributed by atoms with Gasteiger partial charge in [-0.25, -0.2) is 4.68 Å². The highest BCUT2D eigenvalue weighted by molar-refractivity contribution is 5.94. The van der Waals surface area contributed by atoms with Gasteiger partial charge in [0.05, 0.1) is 11.7 Å². The van der Waals surface area contributed by atoms with Crippen molar-refractivity contribution in [3.63, 3.8) is 0 Å². The first-order valence-electron chi connectivity index (χ1n) is 8.98. The molecule has 1 amide bonds. The minimum absolute atomic E-state index is 0.0675.